The van der Waals surface area contributed by atoms with Crippen LogP contribution in [0.4, 0.5) is 0 Å². The van der Waals surface area contributed by atoms with Crippen LogP contribution in [0.25, 0.3) is 10.1 Å². The summed E-state index contributed by atoms with van der Waals surface area (Å²) in [5.74, 6) is 0.400. The molecule has 1 heterocycles. The number of carbonyl (C=O) groups excluding carboxylic acids is 2. The molecule has 134 valence electrons. The smallest absolute Gasteiger partial charge is 0.313 e. The molecule has 0 aliphatic rings. The Kier molecular flexibility index (Phi) is 5.53. The Balaban J connectivity index is 1.85. The van der Waals surface area contributed by atoms with Crippen molar-refractivity contribution in [1.82, 2.24) is 0 Å². The summed E-state index contributed by atoms with van der Waals surface area (Å²) in [6.45, 7) is 0.418. The van der Waals surface area contributed by atoms with Crippen molar-refractivity contribution in [3.8, 4) is 11.5 Å². The molecule has 1 aromatic heterocycles. The maximum atomic E-state index is 12.2. The Morgan fingerprint density at radius 1 is 1.00 bits per heavy atom. The highest BCUT2D eigenvalue weighted by Gasteiger charge is 2.17. The van der Waals surface area contributed by atoms with Gasteiger partial charge in [-0.25, -0.2) is 0 Å². The third-order valence-electron chi connectivity index (χ3n) is 3.85. The standard InChI is InChI=1S/C20H18O5S/c1-23-16-11-18-14(9-19(26-18)15(21)10-20(22)24-2)8-17(16)25-12-13-6-4-3-5-7-13/h3-9,11H,10,12H2,1-2H3. The van der Waals surface area contributed by atoms with Crippen molar-refractivity contribution in [2.75, 3.05) is 14.2 Å². The second-order valence-electron chi connectivity index (χ2n) is 5.60. The number of hydrogen-bond acceptors (Lipinski definition) is 6. The van der Waals surface area contributed by atoms with Crippen LogP contribution in [0.5, 0.6) is 11.5 Å². The third kappa shape index (κ3) is 4.03. The van der Waals surface area contributed by atoms with Crippen LogP contribution in [0.1, 0.15) is 21.7 Å². The minimum Gasteiger partial charge on any atom is -0.493 e. The number of thiophene rings is 1. The summed E-state index contributed by atoms with van der Waals surface area (Å²) in [5, 5.41) is 0.868. The van der Waals surface area contributed by atoms with Crippen LogP contribution in [0.15, 0.2) is 48.5 Å². The van der Waals surface area contributed by atoms with Crippen molar-refractivity contribution >= 4 is 33.2 Å². The van der Waals surface area contributed by atoms with Crippen molar-refractivity contribution in [3.05, 3.63) is 59.0 Å². The Morgan fingerprint density at radius 2 is 1.77 bits per heavy atom. The van der Waals surface area contributed by atoms with E-state index >= 15 is 0 Å². The van der Waals surface area contributed by atoms with Gasteiger partial charge in [-0.1, -0.05) is 30.3 Å². The highest BCUT2D eigenvalue weighted by Crippen LogP contribution is 2.37. The second-order valence-corrected chi connectivity index (χ2v) is 6.69. The van der Waals surface area contributed by atoms with E-state index in [1.54, 1.807) is 13.2 Å². The van der Waals surface area contributed by atoms with Gasteiger partial charge < -0.3 is 14.2 Å². The molecule has 0 fully saturated rings. The second kappa shape index (κ2) is 8.01. The number of ether oxygens (including phenoxy) is 3. The molecule has 0 aliphatic heterocycles. The fourth-order valence-electron chi connectivity index (χ4n) is 2.48. The Labute approximate surface area is 155 Å². The van der Waals surface area contributed by atoms with E-state index in [2.05, 4.69) is 4.74 Å². The maximum Gasteiger partial charge on any atom is 0.313 e. The lowest BCUT2D eigenvalue weighted by molar-refractivity contribution is -0.139. The highest BCUT2D eigenvalue weighted by atomic mass is 32.1. The first-order valence-electron chi connectivity index (χ1n) is 7.99. The van der Waals surface area contributed by atoms with Crippen LogP contribution < -0.4 is 9.47 Å². The van der Waals surface area contributed by atoms with Crippen molar-refractivity contribution < 1.29 is 23.8 Å². The highest BCUT2D eigenvalue weighted by molar-refractivity contribution is 7.20. The fraction of sp³-hybridized carbons (Fsp3) is 0.200. The first kappa shape index (κ1) is 17.9. The van der Waals surface area contributed by atoms with Crippen LogP contribution in [0.3, 0.4) is 0 Å². The molecule has 3 rings (SSSR count). The quantitative estimate of drug-likeness (QED) is 0.354. The average molecular weight is 370 g/mol. The largest absolute Gasteiger partial charge is 0.493 e. The SMILES string of the molecule is COC(=O)CC(=O)c1cc2cc(OCc3ccccc3)c(OC)cc2s1. The van der Waals surface area contributed by atoms with Crippen molar-refractivity contribution in [3.63, 3.8) is 0 Å². The van der Waals surface area contributed by atoms with Gasteiger partial charge in [-0.2, -0.15) is 0 Å². The summed E-state index contributed by atoms with van der Waals surface area (Å²) in [4.78, 5) is 24.0. The van der Waals surface area contributed by atoms with Crippen LogP contribution in [0.2, 0.25) is 0 Å². The molecule has 0 bridgehead atoms. The molecule has 0 N–H and O–H groups in total. The number of Topliss-reactive ketones (excluding diaryl/α,β-unsaturated/α-hetero) is 1. The van der Waals surface area contributed by atoms with Crippen LogP contribution >= 0.6 is 11.3 Å². The number of carbonyl (C=O) groups is 2. The number of methoxy groups -OCH3 is 2. The zero-order chi connectivity index (χ0) is 18.5. The Bertz CT molecular complexity index is 930. The molecular formula is C20H18O5S. The summed E-state index contributed by atoms with van der Waals surface area (Å²) >= 11 is 1.32. The molecule has 0 spiro atoms. The molecule has 6 heteroatoms. The average Bonchev–Trinajstić information content (AvgIpc) is 3.09. The van der Waals surface area contributed by atoms with Gasteiger partial charge >= 0.3 is 5.97 Å². The molecule has 2 aromatic carbocycles. The Hall–Kier alpha value is -2.86. The lowest BCUT2D eigenvalue weighted by Gasteiger charge is -2.11. The zero-order valence-electron chi connectivity index (χ0n) is 14.5. The third-order valence-corrected chi connectivity index (χ3v) is 4.99. The number of rotatable bonds is 7. The Morgan fingerprint density at radius 3 is 2.46 bits per heavy atom. The van der Waals surface area contributed by atoms with Gasteiger partial charge in [0.2, 0.25) is 0 Å². The predicted molar refractivity (Wildman–Crippen MR) is 100 cm³/mol. The molecule has 5 nitrogen and oxygen atoms in total. The van der Waals surface area contributed by atoms with Crippen LogP contribution in [0, 0.1) is 0 Å². The lowest BCUT2D eigenvalue weighted by Crippen LogP contribution is -2.07. The van der Waals surface area contributed by atoms with Gasteiger partial charge in [0, 0.05) is 10.8 Å². The van der Waals surface area contributed by atoms with E-state index in [9.17, 15) is 9.59 Å². The molecule has 0 aliphatic carbocycles. The first-order chi connectivity index (χ1) is 12.6. The van der Waals surface area contributed by atoms with Crippen LogP contribution in [-0.2, 0) is 16.1 Å². The van der Waals surface area contributed by atoms with Gasteiger partial charge in [-0.15, -0.1) is 11.3 Å². The summed E-state index contributed by atoms with van der Waals surface area (Å²) < 4.78 is 16.8. The molecular weight excluding hydrogens is 352 g/mol. The summed E-state index contributed by atoms with van der Waals surface area (Å²) in [7, 11) is 2.84. The predicted octanol–water partition coefficient (Wildman–Crippen LogP) is 4.23. The molecule has 3 aromatic rings. The summed E-state index contributed by atoms with van der Waals surface area (Å²) in [6.07, 6.45) is -0.266. The van der Waals surface area contributed by atoms with E-state index in [-0.39, 0.29) is 12.2 Å². The van der Waals surface area contributed by atoms with Crippen molar-refractivity contribution in [2.24, 2.45) is 0 Å². The molecule has 0 unspecified atom stereocenters. The van der Waals surface area contributed by atoms with Gasteiger partial charge in [0.15, 0.2) is 17.3 Å². The lowest BCUT2D eigenvalue weighted by atomic mass is 10.2. The fourth-order valence-corrected chi connectivity index (χ4v) is 3.49. The van der Waals surface area contributed by atoms with Gasteiger partial charge in [-0.05, 0) is 23.1 Å². The van der Waals surface area contributed by atoms with Gasteiger partial charge in [0.25, 0.3) is 0 Å². The van der Waals surface area contributed by atoms with E-state index in [0.717, 1.165) is 15.6 Å². The van der Waals surface area contributed by atoms with Crippen LogP contribution in [-0.4, -0.2) is 26.0 Å². The van der Waals surface area contributed by atoms with E-state index in [4.69, 9.17) is 9.47 Å². The zero-order valence-corrected chi connectivity index (χ0v) is 15.3. The number of hydrogen-bond donors (Lipinski definition) is 0. The van der Waals surface area contributed by atoms with Gasteiger partial charge in [0.05, 0.1) is 19.1 Å². The first-order valence-corrected chi connectivity index (χ1v) is 8.80. The topological polar surface area (TPSA) is 61.8 Å². The van der Waals surface area contributed by atoms with E-state index < -0.39 is 5.97 Å². The molecule has 0 radical (unpaired) electrons. The number of fused-ring (bicyclic) bond motifs is 1. The van der Waals surface area contributed by atoms with Crippen molar-refractivity contribution in [2.45, 2.75) is 13.0 Å². The maximum absolute atomic E-state index is 12.2. The summed E-state index contributed by atoms with van der Waals surface area (Å²) in [6, 6.07) is 15.3. The number of esters is 1. The molecule has 0 amide bonds. The van der Waals surface area contributed by atoms with E-state index in [1.165, 1.54) is 18.4 Å². The normalized spacial score (nSPS) is 10.5. The molecule has 0 saturated carbocycles. The molecule has 0 atom stereocenters. The van der Waals surface area contributed by atoms with Gasteiger partial charge in [0.1, 0.15) is 13.0 Å². The minimum absolute atomic E-state index is 0.260. The monoisotopic (exact) mass is 370 g/mol. The van der Waals surface area contributed by atoms with Gasteiger partial charge in [-0.3, -0.25) is 9.59 Å². The molecule has 0 saturated heterocycles. The number of benzene rings is 2. The molecule has 26 heavy (non-hydrogen) atoms. The van der Waals surface area contributed by atoms with E-state index in [0.29, 0.717) is 23.0 Å². The van der Waals surface area contributed by atoms with E-state index in [1.807, 2.05) is 42.5 Å². The minimum atomic E-state index is -0.545. The number of ketones is 1. The summed E-state index contributed by atoms with van der Waals surface area (Å²) in [5.41, 5.74) is 1.05. The van der Waals surface area contributed by atoms with Crippen molar-refractivity contribution in [1.29, 1.82) is 0 Å².